The fourth-order valence-electron chi connectivity index (χ4n) is 1.24. The largest absolute Gasteiger partial charge is 0.384 e. The Balaban J connectivity index is 1.70. The molecule has 0 saturated carbocycles. The summed E-state index contributed by atoms with van der Waals surface area (Å²) in [6.45, 7) is 0.924. The molecule has 84 valence electrons. The quantitative estimate of drug-likeness (QED) is 0.657. The number of benzene rings is 1. The number of aromatic nitrogens is 2. The summed E-state index contributed by atoms with van der Waals surface area (Å²) in [5, 5.41) is 4.32. The van der Waals surface area contributed by atoms with Crippen LogP contribution in [0.4, 0.5) is 5.69 Å². The minimum Gasteiger partial charge on any atom is -0.384 e. The van der Waals surface area contributed by atoms with E-state index in [9.17, 15) is 0 Å². The van der Waals surface area contributed by atoms with E-state index in [4.69, 9.17) is 0 Å². The summed E-state index contributed by atoms with van der Waals surface area (Å²) in [6, 6.07) is 8.17. The Morgan fingerprint density at radius 3 is 2.81 bits per heavy atom. The zero-order valence-corrected chi connectivity index (χ0v) is 11.0. The molecule has 2 rings (SSSR count). The highest BCUT2D eigenvalue weighted by Crippen LogP contribution is 2.15. The van der Waals surface area contributed by atoms with E-state index in [1.165, 1.54) is 0 Å². The second-order valence-corrected chi connectivity index (χ2v) is 5.18. The van der Waals surface area contributed by atoms with Gasteiger partial charge in [-0.05, 0) is 24.3 Å². The average molecular weight is 298 g/mol. The fourth-order valence-corrected chi connectivity index (χ4v) is 2.19. The molecule has 0 saturated heterocycles. The lowest BCUT2D eigenvalue weighted by Gasteiger charge is -2.05. The minimum absolute atomic E-state index is 0.924. The molecule has 0 amide bonds. The maximum Gasteiger partial charge on any atom is 0.165 e. The highest BCUT2D eigenvalue weighted by Gasteiger charge is 1.95. The predicted molar refractivity (Wildman–Crippen MR) is 71.9 cm³/mol. The second-order valence-electron chi connectivity index (χ2n) is 3.18. The van der Waals surface area contributed by atoms with Gasteiger partial charge in [0.15, 0.2) is 5.16 Å². The molecule has 0 atom stereocenters. The van der Waals surface area contributed by atoms with Crippen LogP contribution in [0.2, 0.25) is 0 Å². The Bertz CT molecular complexity index is 413. The van der Waals surface area contributed by atoms with Gasteiger partial charge in [0, 0.05) is 34.9 Å². The van der Waals surface area contributed by atoms with Gasteiger partial charge in [-0.2, -0.15) is 0 Å². The van der Waals surface area contributed by atoms with Crippen molar-refractivity contribution < 1.29 is 0 Å². The normalized spacial score (nSPS) is 10.3. The predicted octanol–water partition coefficient (Wildman–Crippen LogP) is 3.38. The van der Waals surface area contributed by atoms with Gasteiger partial charge >= 0.3 is 0 Å². The average Bonchev–Trinajstić information content (AvgIpc) is 2.80. The molecular weight excluding hydrogens is 286 g/mol. The molecule has 1 aromatic heterocycles. The molecule has 2 N–H and O–H groups in total. The molecule has 0 radical (unpaired) electrons. The van der Waals surface area contributed by atoms with Gasteiger partial charge in [-0.3, -0.25) is 0 Å². The first kappa shape index (κ1) is 11.5. The van der Waals surface area contributed by atoms with Crippen molar-refractivity contribution in [3.63, 3.8) is 0 Å². The SMILES string of the molecule is Brc1ccc(NCCSc2ncc[nH]2)cc1. The van der Waals surface area contributed by atoms with Gasteiger partial charge in [0.1, 0.15) is 0 Å². The lowest BCUT2D eigenvalue weighted by molar-refractivity contribution is 1.05. The van der Waals surface area contributed by atoms with Crippen molar-refractivity contribution in [1.29, 1.82) is 0 Å². The van der Waals surface area contributed by atoms with Crippen LogP contribution >= 0.6 is 27.7 Å². The van der Waals surface area contributed by atoms with E-state index < -0.39 is 0 Å². The van der Waals surface area contributed by atoms with Gasteiger partial charge in [0.2, 0.25) is 0 Å². The Morgan fingerprint density at radius 2 is 2.12 bits per heavy atom. The van der Waals surface area contributed by atoms with Gasteiger partial charge in [0.25, 0.3) is 0 Å². The molecule has 0 fully saturated rings. The molecule has 0 aliphatic heterocycles. The molecule has 1 aromatic carbocycles. The maximum absolute atomic E-state index is 4.15. The van der Waals surface area contributed by atoms with Crippen molar-refractivity contribution in [1.82, 2.24) is 9.97 Å². The number of rotatable bonds is 5. The van der Waals surface area contributed by atoms with E-state index in [1.54, 1.807) is 18.0 Å². The van der Waals surface area contributed by atoms with Crippen molar-refractivity contribution >= 4 is 33.4 Å². The van der Waals surface area contributed by atoms with E-state index in [1.807, 2.05) is 18.3 Å². The Morgan fingerprint density at radius 1 is 1.31 bits per heavy atom. The number of nitrogens with zero attached hydrogens (tertiary/aromatic N) is 1. The zero-order chi connectivity index (χ0) is 11.2. The van der Waals surface area contributed by atoms with Crippen molar-refractivity contribution in [2.45, 2.75) is 5.16 Å². The summed E-state index contributed by atoms with van der Waals surface area (Å²) < 4.78 is 1.10. The number of anilines is 1. The van der Waals surface area contributed by atoms with Gasteiger partial charge in [-0.15, -0.1) is 0 Å². The van der Waals surface area contributed by atoms with Gasteiger partial charge in [-0.25, -0.2) is 4.98 Å². The maximum atomic E-state index is 4.15. The van der Waals surface area contributed by atoms with E-state index in [-0.39, 0.29) is 0 Å². The van der Waals surface area contributed by atoms with E-state index in [2.05, 4.69) is 43.3 Å². The van der Waals surface area contributed by atoms with Crippen LogP contribution in [0.15, 0.2) is 46.3 Å². The fraction of sp³-hybridized carbons (Fsp3) is 0.182. The summed E-state index contributed by atoms with van der Waals surface area (Å²) in [4.78, 5) is 7.21. The summed E-state index contributed by atoms with van der Waals surface area (Å²) in [5.74, 6) is 0.990. The number of imidazole rings is 1. The molecular formula is C11H12BrN3S. The summed E-state index contributed by atoms with van der Waals surface area (Å²) in [7, 11) is 0. The third-order valence-corrected chi connectivity index (χ3v) is 3.42. The number of nitrogens with one attached hydrogen (secondary N) is 2. The van der Waals surface area contributed by atoms with Crippen molar-refractivity contribution in [2.75, 3.05) is 17.6 Å². The summed E-state index contributed by atoms with van der Waals surface area (Å²) in [5.41, 5.74) is 1.14. The van der Waals surface area contributed by atoms with Crippen LogP contribution in [0, 0.1) is 0 Å². The molecule has 16 heavy (non-hydrogen) atoms. The number of hydrogen-bond acceptors (Lipinski definition) is 3. The third kappa shape index (κ3) is 3.57. The van der Waals surface area contributed by atoms with Crippen LogP contribution in [0.3, 0.4) is 0 Å². The first-order chi connectivity index (χ1) is 7.84. The molecule has 0 aliphatic rings. The van der Waals surface area contributed by atoms with Crippen LogP contribution in [-0.4, -0.2) is 22.3 Å². The molecule has 1 heterocycles. The Hall–Kier alpha value is -0.940. The first-order valence-electron chi connectivity index (χ1n) is 4.96. The van der Waals surface area contributed by atoms with Crippen LogP contribution in [0.5, 0.6) is 0 Å². The summed E-state index contributed by atoms with van der Waals surface area (Å²) >= 11 is 5.12. The van der Waals surface area contributed by atoms with E-state index >= 15 is 0 Å². The van der Waals surface area contributed by atoms with Crippen molar-refractivity contribution in [2.24, 2.45) is 0 Å². The van der Waals surface area contributed by atoms with Crippen molar-refractivity contribution in [3.8, 4) is 0 Å². The highest BCUT2D eigenvalue weighted by molar-refractivity contribution is 9.10. The first-order valence-corrected chi connectivity index (χ1v) is 6.74. The van der Waals surface area contributed by atoms with Gasteiger partial charge in [-0.1, -0.05) is 27.7 Å². The molecule has 0 aliphatic carbocycles. The molecule has 0 spiro atoms. The molecule has 0 bridgehead atoms. The number of H-pyrrole nitrogens is 1. The number of thioether (sulfide) groups is 1. The number of halogens is 1. The lowest BCUT2D eigenvalue weighted by Crippen LogP contribution is -2.03. The van der Waals surface area contributed by atoms with Crippen LogP contribution in [0.25, 0.3) is 0 Å². The Labute approximate surface area is 107 Å². The summed E-state index contributed by atoms with van der Waals surface area (Å²) in [6.07, 6.45) is 3.61. The minimum atomic E-state index is 0.924. The van der Waals surface area contributed by atoms with Crippen LogP contribution in [-0.2, 0) is 0 Å². The standard InChI is InChI=1S/C11H12BrN3S/c12-9-1-3-10(4-2-9)13-7-8-16-11-14-5-6-15-11/h1-6,13H,7-8H2,(H,14,15). The molecule has 3 nitrogen and oxygen atoms in total. The van der Waals surface area contributed by atoms with Crippen molar-refractivity contribution in [3.05, 3.63) is 41.1 Å². The van der Waals surface area contributed by atoms with Gasteiger partial charge < -0.3 is 10.3 Å². The second kappa shape index (κ2) is 5.96. The van der Waals surface area contributed by atoms with E-state index in [0.717, 1.165) is 27.6 Å². The highest BCUT2D eigenvalue weighted by atomic mass is 79.9. The monoisotopic (exact) mass is 297 g/mol. The third-order valence-electron chi connectivity index (χ3n) is 1.99. The zero-order valence-electron chi connectivity index (χ0n) is 8.61. The smallest absolute Gasteiger partial charge is 0.165 e. The van der Waals surface area contributed by atoms with Crippen LogP contribution < -0.4 is 5.32 Å². The number of hydrogen-bond donors (Lipinski definition) is 2. The molecule has 0 unspecified atom stereocenters. The molecule has 5 heteroatoms. The molecule has 2 aromatic rings. The van der Waals surface area contributed by atoms with Gasteiger partial charge in [0.05, 0.1) is 0 Å². The lowest BCUT2D eigenvalue weighted by atomic mass is 10.3. The number of aromatic amines is 1. The van der Waals surface area contributed by atoms with Crippen LogP contribution in [0.1, 0.15) is 0 Å². The van der Waals surface area contributed by atoms with E-state index in [0.29, 0.717) is 0 Å². The Kier molecular flexibility index (Phi) is 4.30. The topological polar surface area (TPSA) is 40.7 Å².